The first kappa shape index (κ1) is 27.8. The number of hydrogen-bond acceptors (Lipinski definition) is 6. The molecule has 0 aliphatic carbocycles. The van der Waals surface area contributed by atoms with Crippen LogP contribution in [0.3, 0.4) is 0 Å². The van der Waals surface area contributed by atoms with Crippen LogP contribution in [-0.2, 0) is 16.3 Å². The van der Waals surface area contributed by atoms with E-state index in [-0.39, 0.29) is 58.0 Å². The van der Waals surface area contributed by atoms with Gasteiger partial charge in [-0.15, -0.1) is 0 Å². The van der Waals surface area contributed by atoms with Gasteiger partial charge in [-0.3, -0.25) is 5.16 Å². The van der Waals surface area contributed by atoms with Gasteiger partial charge in [0.1, 0.15) is 6.61 Å². The van der Waals surface area contributed by atoms with Gasteiger partial charge in [0.25, 0.3) is 0 Å². The second-order valence-corrected chi connectivity index (χ2v) is 7.22. The molecule has 31 heavy (non-hydrogen) atoms. The monoisotopic (exact) mass is 482 g/mol. The number of thiocarbonyl (C=S) groups is 1. The molecule has 0 saturated carbocycles. The second-order valence-electron chi connectivity index (χ2n) is 6.34. The zero-order valence-corrected chi connectivity index (χ0v) is 23.0. The van der Waals surface area contributed by atoms with Gasteiger partial charge >= 0.3 is 51.4 Å². The fourth-order valence-corrected chi connectivity index (χ4v) is 2.98. The Morgan fingerprint density at radius 1 is 1.19 bits per heavy atom. The Morgan fingerprint density at radius 3 is 2.48 bits per heavy atom. The summed E-state index contributed by atoms with van der Waals surface area (Å²) in [4.78, 5) is 11.0. The first-order chi connectivity index (χ1) is 14.4. The number of aryl methyl sites for hydroxylation is 1. The van der Waals surface area contributed by atoms with Crippen molar-refractivity contribution in [2.24, 2.45) is 16.0 Å². The van der Waals surface area contributed by atoms with Gasteiger partial charge in [-0.25, -0.2) is 0 Å². The van der Waals surface area contributed by atoms with Crippen molar-refractivity contribution in [1.82, 2.24) is 0 Å². The molecule has 9 heteroatoms. The van der Waals surface area contributed by atoms with Crippen molar-refractivity contribution < 1.29 is 61.1 Å². The number of allylic oxidation sites excluding steroid dienone is 2. The second kappa shape index (κ2) is 14.0. The molecule has 158 valence electrons. The zero-order valence-electron chi connectivity index (χ0n) is 18.3. The van der Waals surface area contributed by atoms with Crippen LogP contribution in [0.5, 0.6) is 0 Å². The molecule has 2 rings (SSSR count). The molecule has 2 N–H and O–H groups in total. The predicted octanol–water partition coefficient (Wildman–Crippen LogP) is 2.12. The summed E-state index contributed by atoms with van der Waals surface area (Å²) < 4.78 is 0. The Balaban J connectivity index is 0.00000480. The molecule has 0 bridgehead atoms. The fraction of sp³-hybridized carbons (Fsp3) is 0.227. The molecule has 0 saturated heterocycles. The first-order valence-corrected chi connectivity index (χ1v) is 9.89. The van der Waals surface area contributed by atoms with Crippen LogP contribution in [0.1, 0.15) is 29.2 Å². The number of nitrogens with two attached hydrogens (primary N) is 1. The van der Waals surface area contributed by atoms with E-state index in [1.54, 1.807) is 32.2 Å². The number of halogens is 1. The first-order valence-electron chi connectivity index (χ1n) is 9.11. The Morgan fingerprint density at radius 2 is 1.87 bits per heavy atom. The van der Waals surface area contributed by atoms with E-state index in [2.05, 4.69) is 15.6 Å². The maximum Gasteiger partial charge on any atom is 1.00 e. The minimum absolute atomic E-state index is 0. The minimum atomic E-state index is 0. The van der Waals surface area contributed by atoms with E-state index in [4.69, 9.17) is 39.2 Å². The largest absolute Gasteiger partial charge is 1.00 e. The SMILES string of the molecule is C[N-]/C(=N/OC)c1cccc(C)c1CO/N=C(C)/C(N)=C/C(=S)c1ccc(Cl)cc1.[K+]. The predicted molar refractivity (Wildman–Crippen MR) is 127 cm³/mol. The van der Waals surface area contributed by atoms with Gasteiger partial charge in [-0.1, -0.05) is 66.4 Å². The molecule has 0 aromatic heterocycles. The van der Waals surface area contributed by atoms with Crippen LogP contribution in [-0.4, -0.2) is 30.6 Å². The summed E-state index contributed by atoms with van der Waals surface area (Å²) in [5.74, 6) is 0.480. The molecule has 2 aromatic rings. The number of benzene rings is 2. The average Bonchev–Trinajstić information content (AvgIpc) is 2.73. The number of hydrogen-bond donors (Lipinski definition) is 1. The van der Waals surface area contributed by atoms with E-state index >= 15 is 0 Å². The molecule has 0 aliphatic heterocycles. The van der Waals surface area contributed by atoms with Crippen LogP contribution >= 0.6 is 23.8 Å². The van der Waals surface area contributed by atoms with Gasteiger partial charge in [0.05, 0.1) is 18.5 Å². The number of oxime groups is 2. The molecule has 0 heterocycles. The third kappa shape index (κ3) is 8.30. The third-order valence-corrected chi connectivity index (χ3v) is 4.89. The molecule has 6 nitrogen and oxygen atoms in total. The van der Waals surface area contributed by atoms with Crippen LogP contribution in [0, 0.1) is 6.92 Å². The van der Waals surface area contributed by atoms with Crippen molar-refractivity contribution in [3.05, 3.63) is 86.8 Å². The molecular formula is C22H24ClKN4O2S. The van der Waals surface area contributed by atoms with Crippen LogP contribution in [0.4, 0.5) is 0 Å². The van der Waals surface area contributed by atoms with Gasteiger partial charge in [0, 0.05) is 15.5 Å². The van der Waals surface area contributed by atoms with Crippen molar-refractivity contribution in [3.8, 4) is 0 Å². The molecule has 0 atom stereocenters. The Hall–Kier alpha value is -1.26. The summed E-state index contributed by atoms with van der Waals surface area (Å²) in [7, 11) is 3.14. The standard InChI is InChI=1S/C22H25ClN4O2S.K/c1-14-6-5-7-18(22(25-3)27-28-4)19(14)13-29-26-15(2)20(24)12-21(30)16-8-10-17(23)11-9-16;/h5-12H,13H2,1-4H3,(H3,24,25,27,30);/q;+1/p-1/b26-15+;. The smallest absolute Gasteiger partial charge is 0.497 e. The van der Waals surface area contributed by atoms with E-state index in [9.17, 15) is 0 Å². The zero-order chi connectivity index (χ0) is 22.1. The normalized spacial score (nSPS) is 12.1. The fourth-order valence-electron chi connectivity index (χ4n) is 2.59. The van der Waals surface area contributed by atoms with Gasteiger partial charge in [-0.05, 0) is 54.6 Å². The maximum absolute atomic E-state index is 6.12. The topological polar surface area (TPSA) is 83.3 Å². The van der Waals surface area contributed by atoms with Crippen LogP contribution in [0.2, 0.25) is 5.02 Å². The molecule has 0 radical (unpaired) electrons. The molecule has 2 aromatic carbocycles. The molecule has 0 fully saturated rings. The Bertz CT molecular complexity index is 992. The van der Waals surface area contributed by atoms with Crippen molar-refractivity contribution >= 4 is 40.2 Å². The number of nitrogens with zero attached hydrogens (tertiary/aromatic N) is 3. The van der Waals surface area contributed by atoms with Crippen LogP contribution in [0.15, 0.2) is 64.5 Å². The van der Waals surface area contributed by atoms with Gasteiger partial charge in [0.15, 0.2) is 0 Å². The average molecular weight is 483 g/mol. The summed E-state index contributed by atoms with van der Waals surface area (Å²) >= 11 is 11.3. The third-order valence-electron chi connectivity index (χ3n) is 4.28. The van der Waals surface area contributed by atoms with Crippen molar-refractivity contribution in [1.29, 1.82) is 0 Å². The summed E-state index contributed by atoms with van der Waals surface area (Å²) in [6.07, 6.45) is 1.68. The molecule has 0 spiro atoms. The molecule has 0 unspecified atom stereocenters. The van der Waals surface area contributed by atoms with Gasteiger partial charge in [-0.2, -0.15) is 0 Å². The molecular weight excluding hydrogens is 459 g/mol. The Labute approximate surface area is 236 Å². The van der Waals surface area contributed by atoms with Crippen LogP contribution < -0.4 is 57.1 Å². The summed E-state index contributed by atoms with van der Waals surface area (Å²) in [6.45, 7) is 3.97. The summed E-state index contributed by atoms with van der Waals surface area (Å²) in [5.41, 5.74) is 10.7. The Kier molecular flexibility index (Phi) is 12.5. The number of rotatable bonds is 8. The summed E-state index contributed by atoms with van der Waals surface area (Å²) in [6, 6.07) is 13.1. The minimum Gasteiger partial charge on any atom is -0.497 e. The van der Waals surface area contributed by atoms with E-state index in [1.165, 1.54) is 7.11 Å². The van der Waals surface area contributed by atoms with Crippen molar-refractivity contribution in [2.45, 2.75) is 20.5 Å². The quantitative estimate of drug-likeness (QED) is 0.119. The van der Waals surface area contributed by atoms with Gasteiger partial charge < -0.3 is 20.7 Å². The van der Waals surface area contributed by atoms with Crippen LogP contribution in [0.25, 0.3) is 5.32 Å². The van der Waals surface area contributed by atoms with Gasteiger partial charge in [0.2, 0.25) is 0 Å². The van der Waals surface area contributed by atoms with Crippen molar-refractivity contribution in [3.63, 3.8) is 0 Å². The van der Waals surface area contributed by atoms with E-state index < -0.39 is 0 Å². The van der Waals surface area contributed by atoms with E-state index in [0.717, 1.165) is 22.3 Å². The van der Waals surface area contributed by atoms with Crippen molar-refractivity contribution in [2.75, 3.05) is 14.2 Å². The molecule has 0 amide bonds. The van der Waals surface area contributed by atoms with E-state index in [0.29, 0.717) is 27.1 Å². The number of amidine groups is 1. The maximum atomic E-state index is 6.12. The summed E-state index contributed by atoms with van der Waals surface area (Å²) in [5, 5.41) is 12.9. The van der Waals surface area contributed by atoms with E-state index in [1.807, 2.05) is 37.3 Å². The molecule has 0 aliphatic rings.